The van der Waals surface area contributed by atoms with Crippen LogP contribution in [0.3, 0.4) is 0 Å². The van der Waals surface area contributed by atoms with E-state index in [0.717, 1.165) is 134 Å². The van der Waals surface area contributed by atoms with Gasteiger partial charge in [0.15, 0.2) is 0 Å². The van der Waals surface area contributed by atoms with Crippen molar-refractivity contribution in [3.8, 4) is 22.7 Å². The molecule has 0 spiro atoms. The van der Waals surface area contributed by atoms with Crippen molar-refractivity contribution < 1.29 is 66.7 Å². The molecule has 145 heavy (non-hydrogen) atoms. The number of aryl methyl sites for hydroxylation is 4. The highest BCUT2D eigenvalue weighted by Crippen LogP contribution is 2.62. The molecule has 8 N–H and O–H groups in total. The molecule has 6 fully saturated rings. The number of methoxy groups -OCH3 is 1. The third kappa shape index (κ3) is 19.4. The fourth-order valence-corrected chi connectivity index (χ4v) is 24.0. The van der Waals surface area contributed by atoms with Crippen LogP contribution in [0.15, 0.2) is 241 Å². The summed E-state index contributed by atoms with van der Waals surface area (Å²) in [5, 5.41) is 78.0. The average Bonchev–Trinajstić information content (AvgIpc) is 1.58. The molecule has 4 heterocycles. The van der Waals surface area contributed by atoms with E-state index < -0.39 is 50.2 Å². The second kappa shape index (κ2) is 39.4. The predicted molar refractivity (Wildman–Crippen MR) is 551 cm³/mol. The highest BCUT2D eigenvalue weighted by molar-refractivity contribution is 6.00. The maximum atomic E-state index is 13.5. The van der Waals surface area contributed by atoms with E-state index in [-0.39, 0.29) is 57.9 Å². The van der Waals surface area contributed by atoms with Crippen molar-refractivity contribution in [3.63, 3.8) is 0 Å². The Kier molecular flexibility index (Phi) is 27.2. The summed E-state index contributed by atoms with van der Waals surface area (Å²) >= 11 is 0. The number of esters is 1. The van der Waals surface area contributed by atoms with Crippen molar-refractivity contribution in [1.82, 2.24) is 60.4 Å². The lowest BCUT2D eigenvalue weighted by Crippen LogP contribution is -2.46. The fraction of sp³-hybridized carbons (Fsp3) is 0.387. The quantitative estimate of drug-likeness (QED) is 0.0185. The van der Waals surface area contributed by atoms with Crippen molar-refractivity contribution >= 4 is 53.9 Å². The summed E-state index contributed by atoms with van der Waals surface area (Å²) in [5.74, 6) is -1.52. The first-order valence-electron chi connectivity index (χ1n) is 51.0. The van der Waals surface area contributed by atoms with E-state index in [9.17, 15) is 62.0 Å². The Labute approximate surface area is 843 Å². The van der Waals surface area contributed by atoms with E-state index >= 15 is 0 Å². The number of amides is 4. The van der Waals surface area contributed by atoms with Gasteiger partial charge in [-0.15, -0.1) is 0 Å². The number of hydrogen-bond donors (Lipinski definition) is 8. The Bertz CT molecular complexity index is 7110. The molecule has 0 radical (unpaired) electrons. The number of ether oxygens (including phenoxy) is 1. The van der Waals surface area contributed by atoms with Gasteiger partial charge >= 0.3 is 5.97 Å². The summed E-state index contributed by atoms with van der Waals surface area (Å²) in [5.41, 5.74) is 17.1. The van der Waals surface area contributed by atoms with Crippen LogP contribution in [0, 0.1) is 50.8 Å². The van der Waals surface area contributed by atoms with Gasteiger partial charge in [-0.3, -0.25) is 19.2 Å². The van der Waals surface area contributed by atoms with Gasteiger partial charge in [0.1, 0.15) is 28.8 Å². The van der Waals surface area contributed by atoms with Crippen LogP contribution < -0.4 is 21.3 Å². The first-order valence-corrected chi connectivity index (χ1v) is 51.0. The summed E-state index contributed by atoms with van der Waals surface area (Å²) in [6, 6.07) is 56.2. The molecule has 0 unspecified atom stereocenters. The maximum Gasteiger partial charge on any atom is 0.331 e. The highest BCUT2D eigenvalue weighted by atomic mass is 19.1. The van der Waals surface area contributed by atoms with Crippen LogP contribution in [0.5, 0.6) is 0 Å². The summed E-state index contributed by atoms with van der Waals surface area (Å²) < 4.78 is 66.0. The molecule has 12 aromatic rings. The summed E-state index contributed by atoms with van der Waals surface area (Å²) in [6.07, 6.45) is 33.1. The molecule has 8 atom stereocenters. The molecule has 4 amide bonds. The zero-order valence-electron chi connectivity index (χ0n) is 83.9. The minimum Gasteiger partial charge on any atom is -0.467 e. The van der Waals surface area contributed by atoms with Crippen LogP contribution in [0.4, 0.5) is 17.6 Å². The maximum absolute atomic E-state index is 13.5. The van der Waals surface area contributed by atoms with Gasteiger partial charge in [-0.2, -0.15) is 20.4 Å². The van der Waals surface area contributed by atoms with E-state index in [2.05, 4.69) is 120 Å². The SMILES string of the molecule is CC(C)CNC(=O)c1ccccc1CC[C@]1(O)CCC2=Cc3c(cnn3-c3ccc(F)cc3)C[C@@]21C.CC1(NC(=O)c2ccccc2CC[C@]2(O)CCC3=Cc4c(cnn4-c4ccc(F)cc4)C[C@@]32C)CC1.CNC(=O)Cc1ccccc1CC[C@]1(O)CCC2=Cc3c(cnn3-c3ccc(F)cc3)C[C@@]21C.COC(=O)C1(NC(=O)c2ccccc2CC[C@]2(O)CCC3=Cc4c(cnn4-c4ccc(F)cc4)C[C@@]32C)CC1. The monoisotopic (exact) mass is 1960 g/mol. The number of halogens is 4. The second-order valence-electron chi connectivity index (χ2n) is 43.3. The number of fused-ring (bicyclic) bond motifs is 8. The summed E-state index contributed by atoms with van der Waals surface area (Å²) in [6.45, 7) is 15.5. The van der Waals surface area contributed by atoms with E-state index in [1.807, 2.05) is 128 Å². The first kappa shape index (κ1) is 100. The van der Waals surface area contributed by atoms with E-state index in [1.54, 1.807) is 61.6 Å². The normalized spacial score (nSPS) is 24.0. The molecule has 26 heteroatoms. The number of nitrogens with one attached hydrogen (secondary N) is 4. The van der Waals surface area contributed by atoms with E-state index in [1.165, 1.54) is 77.9 Å². The number of aromatic nitrogens is 8. The number of carbonyl (C=O) groups excluding carboxylic acids is 5. The smallest absolute Gasteiger partial charge is 0.331 e. The van der Waals surface area contributed by atoms with Crippen LogP contribution in [0.25, 0.3) is 47.1 Å². The van der Waals surface area contributed by atoms with Crippen molar-refractivity contribution in [2.24, 2.45) is 27.6 Å². The van der Waals surface area contributed by atoms with Crippen LogP contribution in [0.1, 0.15) is 255 Å². The number of benzene rings is 8. The second-order valence-corrected chi connectivity index (χ2v) is 43.3. The number of likely N-dealkylation sites (N-methyl/N-ethyl adjacent to an activating group) is 1. The fourth-order valence-electron chi connectivity index (χ4n) is 24.0. The van der Waals surface area contributed by atoms with Crippen LogP contribution in [-0.4, -0.2) is 143 Å². The summed E-state index contributed by atoms with van der Waals surface area (Å²) in [7, 11) is 2.98. The van der Waals surface area contributed by atoms with Crippen LogP contribution in [-0.2, 0) is 72.1 Å². The minimum absolute atomic E-state index is 0.0119. The molecule has 0 saturated heterocycles. The average molecular weight is 1960 g/mol. The van der Waals surface area contributed by atoms with Crippen molar-refractivity contribution in [1.29, 1.82) is 0 Å². The lowest BCUT2D eigenvalue weighted by atomic mass is 9.65. The number of nitrogens with zero attached hydrogens (tertiary/aromatic N) is 8. The molecule has 8 aromatic carbocycles. The van der Waals surface area contributed by atoms with Crippen molar-refractivity contribution in [2.75, 3.05) is 20.7 Å². The standard InChI is InChI=1S/C31H32FN3O4.C30H32FN3O2.C30H34FN3O2.C28H30FN3O2/c1-29-18-21-19-33-35(24-9-7-23(32)8-10-24)26(21)17-22(29)12-14-31(29,38)13-11-20-5-3-4-6-25(20)27(36)34-30(15-16-30)28(37)39-2;1-28(15-16-28)33-27(35)25-6-4-3-5-20(25)11-13-30(36)14-12-22-17-26-21(18-29(22,30)2)19-32-34(26)24-9-7-23(31)8-10-24;1-20(2)18-32-28(35)26-7-5-4-6-21(26)12-14-30(36)15-13-23-16-27-22(17-29(23,30)3)19-33-34(27)25-10-8-24(31)9-11-25;1-27-17-21-18-31-32(24-9-7-23(29)8-10-24)25(21)16-22(27)12-14-28(27,34)13-11-19-5-3-4-6-20(19)15-26(33)30-2/h3-10,17,19,38H,11-16,18H2,1-2H3,(H,34,36);3-10,17,19,36H,11-16,18H2,1-2H3,(H,33,35);4-11,16,19-20,36H,12-15,17-18H2,1-3H3,(H,32,35);3-10,16,18,34H,11-15,17H2,1-2H3,(H,30,33)/t29-,31-;2*29-,30-;27-,28-/m0000/s1. The lowest BCUT2D eigenvalue weighted by Gasteiger charge is -2.42. The van der Waals surface area contributed by atoms with Gasteiger partial charge in [-0.05, 0) is 357 Å². The van der Waals surface area contributed by atoms with E-state index in [4.69, 9.17) is 4.74 Å². The molecular weight excluding hydrogens is 1830 g/mol. The zero-order chi connectivity index (χ0) is 102. The van der Waals surface area contributed by atoms with Crippen LogP contribution >= 0.6 is 0 Å². The predicted octanol–water partition coefficient (Wildman–Crippen LogP) is 19.9. The molecule has 22 rings (SSSR count). The molecule has 0 aliphatic heterocycles. The van der Waals surface area contributed by atoms with Gasteiger partial charge in [0.05, 0.1) is 106 Å². The van der Waals surface area contributed by atoms with Gasteiger partial charge in [0.2, 0.25) is 5.91 Å². The third-order valence-corrected chi connectivity index (χ3v) is 34.0. The first-order chi connectivity index (χ1) is 69.4. The Morgan fingerprint density at radius 3 is 0.945 bits per heavy atom. The van der Waals surface area contributed by atoms with Gasteiger partial charge in [0.25, 0.3) is 17.7 Å². The molecule has 4 aromatic heterocycles. The van der Waals surface area contributed by atoms with Crippen molar-refractivity contribution in [2.45, 2.75) is 242 Å². The minimum atomic E-state index is -0.957. The molecule has 22 nitrogen and oxygen atoms in total. The van der Waals surface area contributed by atoms with E-state index in [0.29, 0.717) is 151 Å². The number of rotatable bonds is 26. The Balaban J connectivity index is 0.000000122. The van der Waals surface area contributed by atoms with Gasteiger partial charge in [-0.1, -0.05) is 143 Å². The topological polar surface area (TPSA) is 295 Å². The molecule has 6 saturated carbocycles. The molecule has 10 aliphatic rings. The molecule has 10 aliphatic carbocycles. The molecule has 0 bridgehead atoms. The molecular formula is C119H128F4N12O10. The van der Waals surface area contributed by atoms with Crippen molar-refractivity contribution in [3.05, 3.63) is 354 Å². The van der Waals surface area contributed by atoms with Gasteiger partial charge in [-0.25, -0.2) is 41.1 Å². The van der Waals surface area contributed by atoms with Gasteiger partial charge in [0, 0.05) is 57.5 Å². The van der Waals surface area contributed by atoms with Gasteiger partial charge < -0.3 is 46.4 Å². The zero-order valence-corrected chi connectivity index (χ0v) is 83.9. The number of carbonyl (C=O) groups is 5. The Morgan fingerprint density at radius 2 is 0.655 bits per heavy atom. The highest BCUT2D eigenvalue weighted by Gasteiger charge is 2.60. The lowest BCUT2D eigenvalue weighted by molar-refractivity contribution is -0.144. The summed E-state index contributed by atoms with van der Waals surface area (Å²) in [4.78, 5) is 63.0. The Morgan fingerprint density at radius 1 is 0.372 bits per heavy atom. The Hall–Kier alpha value is -13.5. The van der Waals surface area contributed by atoms with Crippen LogP contribution in [0.2, 0.25) is 0 Å². The third-order valence-electron chi connectivity index (χ3n) is 34.0. The largest absolute Gasteiger partial charge is 0.467 e. The number of aliphatic hydroxyl groups is 4. The number of hydrogen-bond acceptors (Lipinski definition) is 14. The molecule has 752 valence electrons.